The first-order chi connectivity index (χ1) is 8.19. The number of thioether (sulfide) groups is 1. The lowest BCUT2D eigenvalue weighted by Crippen LogP contribution is -2.18. The second-order valence-electron chi connectivity index (χ2n) is 4.26. The molecule has 5 heteroatoms. The van der Waals surface area contributed by atoms with Crippen LogP contribution in [0.25, 0.3) is 0 Å². The van der Waals surface area contributed by atoms with Gasteiger partial charge >= 0.3 is 0 Å². The van der Waals surface area contributed by atoms with Gasteiger partial charge in [0.05, 0.1) is 12.3 Å². The molecule has 1 saturated carbocycles. The van der Waals surface area contributed by atoms with E-state index in [2.05, 4.69) is 16.6 Å². The van der Waals surface area contributed by atoms with Gasteiger partial charge in [-0.25, -0.2) is 0 Å². The number of ether oxygens (including phenoxy) is 1. The Bertz CT molecular complexity index is 393. The van der Waals surface area contributed by atoms with Crippen LogP contribution in [0.15, 0.2) is 12.1 Å². The molecule has 0 radical (unpaired) electrons. The molecule has 0 unspecified atom stereocenters. The Morgan fingerprint density at radius 2 is 2.29 bits per heavy atom. The van der Waals surface area contributed by atoms with Gasteiger partial charge in [0.2, 0.25) is 5.88 Å². The van der Waals surface area contributed by atoms with E-state index in [0.29, 0.717) is 22.9 Å². The summed E-state index contributed by atoms with van der Waals surface area (Å²) in [7, 11) is 0. The molecule has 0 aliphatic heterocycles. The number of hydrogen-bond acceptors (Lipinski definition) is 5. The van der Waals surface area contributed by atoms with E-state index < -0.39 is 0 Å². The van der Waals surface area contributed by atoms with Crippen LogP contribution < -0.4 is 15.8 Å². The lowest BCUT2D eigenvalue weighted by atomic mass is 10.3. The number of anilines is 2. The number of aromatic nitrogens is 1. The molecule has 1 heterocycles. The zero-order chi connectivity index (χ0) is 12.3. The summed E-state index contributed by atoms with van der Waals surface area (Å²) in [6, 6.07) is 3.73. The topological polar surface area (TPSA) is 60.2 Å². The SMILES string of the molecule is CCOc1nc(NCC2(SC)CC2)ccc1N. The first-order valence-electron chi connectivity index (χ1n) is 5.87. The molecule has 17 heavy (non-hydrogen) atoms. The van der Waals surface area contributed by atoms with E-state index in [9.17, 15) is 0 Å². The molecular formula is C12H19N3OS. The second kappa shape index (κ2) is 5.04. The van der Waals surface area contributed by atoms with Crippen molar-refractivity contribution in [2.75, 3.05) is 30.5 Å². The maximum atomic E-state index is 5.78. The van der Waals surface area contributed by atoms with Crippen LogP contribution >= 0.6 is 11.8 Å². The van der Waals surface area contributed by atoms with E-state index in [-0.39, 0.29) is 0 Å². The summed E-state index contributed by atoms with van der Waals surface area (Å²) < 4.78 is 5.80. The Hall–Kier alpha value is -1.10. The average molecular weight is 253 g/mol. The van der Waals surface area contributed by atoms with Crippen LogP contribution in [0.5, 0.6) is 5.88 Å². The lowest BCUT2D eigenvalue weighted by molar-refractivity contribution is 0.329. The van der Waals surface area contributed by atoms with Crippen molar-refractivity contribution >= 4 is 23.3 Å². The highest BCUT2D eigenvalue weighted by atomic mass is 32.2. The summed E-state index contributed by atoms with van der Waals surface area (Å²) in [4.78, 5) is 4.36. The Morgan fingerprint density at radius 3 is 2.88 bits per heavy atom. The van der Waals surface area contributed by atoms with Crippen LogP contribution in [0.4, 0.5) is 11.5 Å². The normalized spacial score (nSPS) is 16.6. The Balaban J connectivity index is 1.98. The summed E-state index contributed by atoms with van der Waals surface area (Å²) in [5.74, 6) is 1.36. The van der Waals surface area contributed by atoms with Crippen LogP contribution in [0, 0.1) is 0 Å². The predicted molar refractivity (Wildman–Crippen MR) is 73.8 cm³/mol. The van der Waals surface area contributed by atoms with E-state index in [1.807, 2.05) is 30.8 Å². The highest BCUT2D eigenvalue weighted by molar-refractivity contribution is 8.00. The zero-order valence-electron chi connectivity index (χ0n) is 10.3. The number of hydrogen-bond donors (Lipinski definition) is 2. The first kappa shape index (κ1) is 12.4. The van der Waals surface area contributed by atoms with Crippen molar-refractivity contribution in [3.8, 4) is 5.88 Å². The van der Waals surface area contributed by atoms with E-state index in [4.69, 9.17) is 10.5 Å². The molecule has 1 aliphatic rings. The number of rotatable bonds is 6. The fraction of sp³-hybridized carbons (Fsp3) is 0.583. The third-order valence-corrected chi connectivity index (χ3v) is 4.42. The van der Waals surface area contributed by atoms with Gasteiger partial charge in [-0.05, 0) is 38.2 Å². The molecule has 0 atom stereocenters. The molecule has 1 aliphatic carbocycles. The molecule has 1 aromatic rings. The Kier molecular flexibility index (Phi) is 3.66. The maximum Gasteiger partial charge on any atom is 0.239 e. The van der Waals surface area contributed by atoms with E-state index in [0.717, 1.165) is 12.4 Å². The molecule has 4 nitrogen and oxygen atoms in total. The third-order valence-electron chi connectivity index (χ3n) is 3.00. The van der Waals surface area contributed by atoms with E-state index >= 15 is 0 Å². The minimum atomic E-state index is 0.425. The monoisotopic (exact) mass is 253 g/mol. The summed E-state index contributed by atoms with van der Waals surface area (Å²) in [5.41, 5.74) is 6.36. The molecule has 0 amide bonds. The van der Waals surface area contributed by atoms with Crippen LogP contribution in [-0.2, 0) is 0 Å². The van der Waals surface area contributed by atoms with Crippen LogP contribution in [0.3, 0.4) is 0 Å². The van der Waals surface area contributed by atoms with Crippen molar-refractivity contribution < 1.29 is 4.74 Å². The van der Waals surface area contributed by atoms with Crippen molar-refractivity contribution in [1.29, 1.82) is 0 Å². The van der Waals surface area contributed by atoms with Gasteiger partial charge in [-0.3, -0.25) is 0 Å². The van der Waals surface area contributed by atoms with Gasteiger partial charge in [0.15, 0.2) is 0 Å². The minimum Gasteiger partial charge on any atom is -0.476 e. The highest BCUT2D eigenvalue weighted by Crippen LogP contribution is 2.47. The quantitative estimate of drug-likeness (QED) is 0.815. The fourth-order valence-electron chi connectivity index (χ4n) is 1.65. The number of pyridine rings is 1. The summed E-state index contributed by atoms with van der Waals surface area (Å²) >= 11 is 1.93. The number of nitrogens with two attached hydrogens (primary N) is 1. The molecule has 3 N–H and O–H groups in total. The third kappa shape index (κ3) is 2.97. The van der Waals surface area contributed by atoms with Gasteiger partial charge in [-0.15, -0.1) is 0 Å². The lowest BCUT2D eigenvalue weighted by Gasteiger charge is -2.14. The van der Waals surface area contributed by atoms with Crippen LogP contribution in [-0.4, -0.2) is 29.1 Å². The van der Waals surface area contributed by atoms with Crippen molar-refractivity contribution in [2.45, 2.75) is 24.5 Å². The van der Waals surface area contributed by atoms with Gasteiger partial charge in [0.25, 0.3) is 0 Å². The molecule has 0 aromatic carbocycles. The van der Waals surface area contributed by atoms with Crippen molar-refractivity contribution in [1.82, 2.24) is 4.98 Å². The van der Waals surface area contributed by atoms with Gasteiger partial charge < -0.3 is 15.8 Å². The van der Waals surface area contributed by atoms with Gasteiger partial charge in [-0.1, -0.05) is 0 Å². The smallest absolute Gasteiger partial charge is 0.239 e. The minimum absolute atomic E-state index is 0.425. The van der Waals surface area contributed by atoms with Crippen molar-refractivity contribution in [3.05, 3.63) is 12.1 Å². The number of nitrogen functional groups attached to an aromatic ring is 1. The first-order valence-corrected chi connectivity index (χ1v) is 7.10. The van der Waals surface area contributed by atoms with Gasteiger partial charge in [0.1, 0.15) is 5.82 Å². The molecule has 0 spiro atoms. The average Bonchev–Trinajstić information content (AvgIpc) is 3.11. The largest absolute Gasteiger partial charge is 0.476 e. The molecular weight excluding hydrogens is 234 g/mol. The van der Waals surface area contributed by atoms with Crippen LogP contribution in [0.1, 0.15) is 19.8 Å². The molecule has 1 aromatic heterocycles. The zero-order valence-corrected chi connectivity index (χ0v) is 11.1. The van der Waals surface area contributed by atoms with Gasteiger partial charge in [0, 0.05) is 11.3 Å². The van der Waals surface area contributed by atoms with E-state index in [1.165, 1.54) is 12.8 Å². The molecule has 2 rings (SSSR count). The predicted octanol–water partition coefficient (Wildman–Crippen LogP) is 2.37. The standard InChI is InChI=1S/C12H19N3OS/c1-3-16-11-9(13)4-5-10(15-11)14-8-12(17-2)6-7-12/h4-5H,3,6-8,13H2,1-2H3,(H,14,15). The molecule has 0 bridgehead atoms. The molecule has 94 valence electrons. The Labute approximate surface area is 106 Å². The fourth-order valence-corrected chi connectivity index (χ4v) is 2.37. The highest BCUT2D eigenvalue weighted by Gasteiger charge is 2.41. The van der Waals surface area contributed by atoms with E-state index in [1.54, 1.807) is 0 Å². The molecule has 1 fully saturated rings. The summed E-state index contributed by atoms with van der Waals surface area (Å²) in [5, 5.41) is 3.36. The number of nitrogens with one attached hydrogen (secondary N) is 1. The molecule has 0 saturated heterocycles. The summed E-state index contributed by atoms with van der Waals surface area (Å²) in [6.07, 6.45) is 4.74. The van der Waals surface area contributed by atoms with Crippen molar-refractivity contribution in [2.24, 2.45) is 0 Å². The number of nitrogens with zero attached hydrogens (tertiary/aromatic N) is 1. The van der Waals surface area contributed by atoms with Crippen LogP contribution in [0.2, 0.25) is 0 Å². The van der Waals surface area contributed by atoms with Crippen molar-refractivity contribution in [3.63, 3.8) is 0 Å². The Morgan fingerprint density at radius 1 is 1.53 bits per heavy atom. The van der Waals surface area contributed by atoms with Gasteiger partial charge in [-0.2, -0.15) is 16.7 Å². The second-order valence-corrected chi connectivity index (χ2v) is 5.54. The maximum absolute atomic E-state index is 5.78. The summed E-state index contributed by atoms with van der Waals surface area (Å²) in [6.45, 7) is 3.46.